The highest BCUT2D eigenvalue weighted by molar-refractivity contribution is 6.41. The summed E-state index contributed by atoms with van der Waals surface area (Å²) < 4.78 is 0. The van der Waals surface area contributed by atoms with Gasteiger partial charge in [-0.15, -0.1) is 0 Å². The number of hydrogen-bond donors (Lipinski definition) is 0. The minimum Gasteiger partial charge on any atom is -0.0671 e. The Morgan fingerprint density at radius 2 is 1.50 bits per heavy atom. The van der Waals surface area contributed by atoms with Crippen LogP contribution in [0.4, 0.5) is 0 Å². The van der Waals surface area contributed by atoms with E-state index in [0.29, 0.717) is 5.31 Å². The Labute approximate surface area is 78.4 Å². The molecule has 1 heteroatoms. The highest BCUT2D eigenvalue weighted by atomic mass is 14.2. The lowest BCUT2D eigenvalue weighted by Gasteiger charge is -2.30. The number of rotatable bonds is 1. The first kappa shape index (κ1) is 10.1. The van der Waals surface area contributed by atoms with Crippen molar-refractivity contribution in [2.24, 2.45) is 5.92 Å². The van der Waals surface area contributed by atoms with Crippen molar-refractivity contribution in [2.45, 2.75) is 64.5 Å². The molecule has 1 saturated carbocycles. The maximum Gasteiger partial charge on any atom is 0.130 e. The van der Waals surface area contributed by atoms with E-state index < -0.39 is 0 Å². The van der Waals surface area contributed by atoms with Crippen molar-refractivity contribution >= 4 is 7.28 Å². The fraction of sp³-hybridized carbons (Fsp3) is 1.00. The van der Waals surface area contributed by atoms with Crippen LogP contribution in [0.25, 0.3) is 0 Å². The Balaban J connectivity index is 2.26. The van der Waals surface area contributed by atoms with Gasteiger partial charge < -0.3 is 0 Å². The Hall–Kier alpha value is 0.0649. The predicted octanol–water partition coefficient (Wildman–Crippen LogP) is 3.64. The fourth-order valence-electron chi connectivity index (χ4n) is 2.40. The summed E-state index contributed by atoms with van der Waals surface area (Å²) in [6.45, 7) is 9.49. The molecule has 0 heterocycles. The summed E-state index contributed by atoms with van der Waals surface area (Å²) in [4.78, 5) is 0. The standard InChI is InChI=1S/C11H23B/c1-9-5-7-10(8-6-9)12-11(2,3)4/h9-10,12H,5-8H2,1-4H3. The van der Waals surface area contributed by atoms with Crippen LogP contribution in [0.1, 0.15) is 53.4 Å². The summed E-state index contributed by atoms with van der Waals surface area (Å²) in [7, 11) is 1.43. The lowest BCUT2D eigenvalue weighted by atomic mass is 9.45. The van der Waals surface area contributed by atoms with Crippen LogP contribution in [-0.4, -0.2) is 7.28 Å². The summed E-state index contributed by atoms with van der Waals surface area (Å²) in [5, 5.41) is 0.547. The van der Waals surface area contributed by atoms with Gasteiger partial charge in [-0.2, -0.15) is 0 Å². The molecule has 0 aromatic heterocycles. The molecule has 0 spiro atoms. The van der Waals surface area contributed by atoms with Crippen LogP contribution in [0.5, 0.6) is 0 Å². The number of hydrogen-bond acceptors (Lipinski definition) is 0. The quantitative estimate of drug-likeness (QED) is 0.521. The molecule has 0 aromatic carbocycles. The van der Waals surface area contributed by atoms with Crippen LogP contribution in [0, 0.1) is 5.92 Å². The Morgan fingerprint density at radius 1 is 1.00 bits per heavy atom. The molecule has 0 aromatic rings. The maximum absolute atomic E-state index is 2.40. The van der Waals surface area contributed by atoms with Crippen molar-refractivity contribution in [1.29, 1.82) is 0 Å². The smallest absolute Gasteiger partial charge is 0.0671 e. The summed E-state index contributed by atoms with van der Waals surface area (Å²) in [6, 6.07) is 0. The molecule has 0 bridgehead atoms. The Morgan fingerprint density at radius 3 is 1.92 bits per heavy atom. The highest BCUT2D eigenvalue weighted by Gasteiger charge is 2.24. The summed E-state index contributed by atoms with van der Waals surface area (Å²) in [5.74, 6) is 2.03. The van der Waals surface area contributed by atoms with Crippen molar-refractivity contribution in [1.82, 2.24) is 0 Å². The molecule has 1 rings (SSSR count). The minimum absolute atomic E-state index is 0.547. The molecular weight excluding hydrogens is 143 g/mol. The zero-order valence-electron chi connectivity index (χ0n) is 9.19. The van der Waals surface area contributed by atoms with Gasteiger partial charge in [-0.1, -0.05) is 64.5 Å². The molecule has 0 N–H and O–H groups in total. The zero-order valence-corrected chi connectivity index (χ0v) is 9.19. The molecule has 0 saturated heterocycles. The van der Waals surface area contributed by atoms with E-state index in [0.717, 1.165) is 11.7 Å². The molecule has 0 radical (unpaired) electrons. The molecule has 1 aliphatic rings. The molecule has 70 valence electrons. The van der Waals surface area contributed by atoms with E-state index >= 15 is 0 Å². The first-order chi connectivity index (χ1) is 5.47. The van der Waals surface area contributed by atoms with Crippen LogP contribution in [-0.2, 0) is 0 Å². The van der Waals surface area contributed by atoms with E-state index in [9.17, 15) is 0 Å². The van der Waals surface area contributed by atoms with E-state index in [2.05, 4.69) is 27.7 Å². The second-order valence-electron chi connectivity index (χ2n) is 5.89. The average molecular weight is 166 g/mol. The largest absolute Gasteiger partial charge is 0.130 e. The molecule has 1 aliphatic carbocycles. The first-order valence-corrected chi connectivity index (χ1v) is 5.47. The van der Waals surface area contributed by atoms with Gasteiger partial charge in [0.25, 0.3) is 0 Å². The molecule has 1 fully saturated rings. The van der Waals surface area contributed by atoms with Gasteiger partial charge in [-0.3, -0.25) is 0 Å². The second kappa shape index (κ2) is 3.85. The summed E-state index contributed by atoms with van der Waals surface area (Å²) in [6.07, 6.45) is 5.92. The van der Waals surface area contributed by atoms with E-state index in [1.807, 2.05) is 0 Å². The molecule has 0 amide bonds. The topological polar surface area (TPSA) is 0 Å². The molecule has 0 atom stereocenters. The third kappa shape index (κ3) is 3.64. The maximum atomic E-state index is 2.40. The predicted molar refractivity (Wildman–Crippen MR) is 58.2 cm³/mol. The van der Waals surface area contributed by atoms with E-state index in [1.165, 1.54) is 33.0 Å². The second-order valence-corrected chi connectivity index (χ2v) is 5.89. The van der Waals surface area contributed by atoms with Crippen molar-refractivity contribution in [3.8, 4) is 0 Å². The zero-order chi connectivity index (χ0) is 9.19. The van der Waals surface area contributed by atoms with Gasteiger partial charge in [-0.05, 0) is 5.92 Å². The van der Waals surface area contributed by atoms with Gasteiger partial charge in [0.15, 0.2) is 0 Å². The Bertz CT molecular complexity index is 126. The van der Waals surface area contributed by atoms with Crippen LogP contribution >= 0.6 is 0 Å². The molecular formula is C11H23B. The lowest BCUT2D eigenvalue weighted by Crippen LogP contribution is -2.19. The SMILES string of the molecule is CC1CCC(BC(C)(C)C)CC1. The normalized spacial score (nSPS) is 31.7. The first-order valence-electron chi connectivity index (χ1n) is 5.47. The molecule has 0 unspecified atom stereocenters. The van der Waals surface area contributed by atoms with E-state index in [1.54, 1.807) is 0 Å². The molecule has 0 aliphatic heterocycles. The molecule has 12 heavy (non-hydrogen) atoms. The fourth-order valence-corrected chi connectivity index (χ4v) is 2.40. The minimum atomic E-state index is 0.547. The van der Waals surface area contributed by atoms with Crippen LogP contribution < -0.4 is 0 Å². The Kier molecular flexibility index (Phi) is 3.26. The van der Waals surface area contributed by atoms with Gasteiger partial charge in [0.2, 0.25) is 0 Å². The van der Waals surface area contributed by atoms with E-state index in [4.69, 9.17) is 0 Å². The highest BCUT2D eigenvalue weighted by Crippen LogP contribution is 2.37. The van der Waals surface area contributed by atoms with Crippen LogP contribution in [0.15, 0.2) is 0 Å². The third-order valence-corrected chi connectivity index (χ3v) is 3.04. The van der Waals surface area contributed by atoms with Crippen LogP contribution in [0.3, 0.4) is 0 Å². The summed E-state index contributed by atoms with van der Waals surface area (Å²) >= 11 is 0. The van der Waals surface area contributed by atoms with Gasteiger partial charge in [0.05, 0.1) is 0 Å². The monoisotopic (exact) mass is 166 g/mol. The van der Waals surface area contributed by atoms with Crippen molar-refractivity contribution in [3.63, 3.8) is 0 Å². The van der Waals surface area contributed by atoms with Gasteiger partial charge in [0, 0.05) is 0 Å². The van der Waals surface area contributed by atoms with Crippen molar-refractivity contribution in [2.75, 3.05) is 0 Å². The van der Waals surface area contributed by atoms with Crippen molar-refractivity contribution in [3.05, 3.63) is 0 Å². The van der Waals surface area contributed by atoms with E-state index in [-0.39, 0.29) is 0 Å². The van der Waals surface area contributed by atoms with Gasteiger partial charge in [-0.25, -0.2) is 0 Å². The lowest BCUT2D eigenvalue weighted by molar-refractivity contribution is 0.380. The van der Waals surface area contributed by atoms with Crippen LogP contribution in [0.2, 0.25) is 11.1 Å². The van der Waals surface area contributed by atoms with Gasteiger partial charge >= 0.3 is 0 Å². The summed E-state index contributed by atoms with van der Waals surface area (Å²) in [5.41, 5.74) is 0. The van der Waals surface area contributed by atoms with Crippen molar-refractivity contribution < 1.29 is 0 Å². The third-order valence-electron chi connectivity index (χ3n) is 3.04. The van der Waals surface area contributed by atoms with Gasteiger partial charge in [0.1, 0.15) is 7.28 Å². The average Bonchev–Trinajstić information content (AvgIpc) is 1.91. The molecule has 0 nitrogen and oxygen atoms in total.